The van der Waals surface area contributed by atoms with Crippen LogP contribution in [0.1, 0.15) is 16.9 Å². The second kappa shape index (κ2) is 6.31. The molecule has 0 bridgehead atoms. The maximum absolute atomic E-state index is 12.1. The number of aromatic nitrogens is 2. The Hall–Kier alpha value is -2.81. The summed E-state index contributed by atoms with van der Waals surface area (Å²) in [5.74, 6) is 0.157. The predicted octanol–water partition coefficient (Wildman–Crippen LogP) is 1.41. The summed E-state index contributed by atoms with van der Waals surface area (Å²) in [6.45, 7) is 2.07. The van der Waals surface area contributed by atoms with Crippen molar-refractivity contribution >= 4 is 5.91 Å². The molecule has 2 heterocycles. The molecule has 6 heteroatoms. The van der Waals surface area contributed by atoms with Gasteiger partial charge in [-0.2, -0.15) is 10.4 Å². The molecule has 0 spiro atoms. The number of nitrogens with zero attached hydrogens (tertiary/aromatic N) is 4. The zero-order valence-electron chi connectivity index (χ0n) is 12.1. The van der Waals surface area contributed by atoms with Gasteiger partial charge in [0.05, 0.1) is 5.69 Å². The number of nitrogens with one attached hydrogen (secondary N) is 1. The Balaban J connectivity index is 1.57. The largest absolute Gasteiger partial charge is 0.350 e. The monoisotopic (exact) mass is 295 g/mol. The number of carbonyl (C=O) groups is 1. The van der Waals surface area contributed by atoms with Gasteiger partial charge in [0.25, 0.3) is 5.91 Å². The van der Waals surface area contributed by atoms with Gasteiger partial charge in [-0.15, -0.1) is 0 Å². The van der Waals surface area contributed by atoms with Gasteiger partial charge in [-0.25, -0.2) is 4.68 Å². The number of hydrogen-bond donors (Lipinski definition) is 1. The quantitative estimate of drug-likeness (QED) is 0.865. The van der Waals surface area contributed by atoms with Crippen molar-refractivity contribution in [2.24, 2.45) is 5.92 Å². The Morgan fingerprint density at radius 1 is 1.36 bits per heavy atom. The highest BCUT2D eigenvalue weighted by atomic mass is 16.1. The van der Waals surface area contributed by atoms with Gasteiger partial charge >= 0.3 is 0 Å². The van der Waals surface area contributed by atoms with Crippen LogP contribution >= 0.6 is 0 Å². The number of likely N-dealkylation sites (tertiary alicyclic amines) is 1. The van der Waals surface area contributed by atoms with Gasteiger partial charge in [0.15, 0.2) is 11.9 Å². The van der Waals surface area contributed by atoms with Gasteiger partial charge in [0.1, 0.15) is 0 Å². The van der Waals surface area contributed by atoms with Crippen LogP contribution in [0.2, 0.25) is 0 Å². The molecule has 22 heavy (non-hydrogen) atoms. The van der Waals surface area contributed by atoms with Crippen molar-refractivity contribution in [3.05, 3.63) is 48.3 Å². The molecule has 0 saturated carbocycles. The molecule has 1 aromatic carbocycles. The highest BCUT2D eigenvalue weighted by Crippen LogP contribution is 2.14. The molecule has 112 valence electrons. The van der Waals surface area contributed by atoms with E-state index in [2.05, 4.69) is 16.6 Å². The molecule has 1 amide bonds. The Morgan fingerprint density at radius 3 is 2.91 bits per heavy atom. The van der Waals surface area contributed by atoms with Crippen LogP contribution in [0.15, 0.2) is 42.6 Å². The van der Waals surface area contributed by atoms with Gasteiger partial charge in [0.2, 0.25) is 0 Å². The summed E-state index contributed by atoms with van der Waals surface area (Å²) in [6, 6.07) is 11.4. The number of rotatable bonds is 4. The Kier molecular flexibility index (Phi) is 4.05. The number of nitriles is 1. The summed E-state index contributed by atoms with van der Waals surface area (Å²) in [4.78, 5) is 13.9. The van der Waals surface area contributed by atoms with E-state index in [0.717, 1.165) is 25.2 Å². The Labute approximate surface area is 129 Å². The van der Waals surface area contributed by atoms with Crippen molar-refractivity contribution in [1.82, 2.24) is 20.0 Å². The van der Waals surface area contributed by atoms with Crippen LogP contribution in [0, 0.1) is 17.4 Å². The van der Waals surface area contributed by atoms with Gasteiger partial charge in [-0.1, -0.05) is 18.2 Å². The van der Waals surface area contributed by atoms with Gasteiger partial charge < -0.3 is 10.2 Å². The molecule has 3 rings (SSSR count). The number of carbonyl (C=O) groups excluding carboxylic acids is 1. The lowest BCUT2D eigenvalue weighted by molar-refractivity contribution is 0.0942. The predicted molar refractivity (Wildman–Crippen MR) is 81.2 cm³/mol. The molecule has 2 aromatic rings. The first-order valence-electron chi connectivity index (χ1n) is 7.30. The van der Waals surface area contributed by atoms with E-state index < -0.39 is 0 Å². The minimum Gasteiger partial charge on any atom is -0.350 e. The number of para-hydroxylation sites is 1. The molecule has 0 radical (unpaired) electrons. The molecule has 1 fully saturated rings. The van der Waals surface area contributed by atoms with Gasteiger partial charge in [-0.05, 0) is 30.5 Å². The normalized spacial score (nSPS) is 17.2. The van der Waals surface area contributed by atoms with Crippen LogP contribution in [0.4, 0.5) is 0 Å². The number of benzene rings is 1. The lowest BCUT2D eigenvalue weighted by atomic mass is 10.1. The minimum atomic E-state index is -0.176. The lowest BCUT2D eigenvalue weighted by Gasteiger charge is -2.10. The van der Waals surface area contributed by atoms with E-state index in [-0.39, 0.29) is 5.91 Å². The zero-order valence-corrected chi connectivity index (χ0v) is 12.1. The maximum Gasteiger partial charge on any atom is 0.271 e. The minimum absolute atomic E-state index is 0.176. The Morgan fingerprint density at radius 2 is 2.18 bits per heavy atom. The summed E-state index contributed by atoms with van der Waals surface area (Å²) in [5.41, 5.74) is 1.32. The molecule has 1 saturated heterocycles. The van der Waals surface area contributed by atoms with E-state index in [4.69, 9.17) is 5.26 Å². The first-order valence-corrected chi connectivity index (χ1v) is 7.30. The van der Waals surface area contributed by atoms with Crippen LogP contribution in [-0.4, -0.2) is 40.2 Å². The second-order valence-electron chi connectivity index (χ2n) is 5.39. The summed E-state index contributed by atoms with van der Waals surface area (Å²) in [5, 5.41) is 16.0. The number of amides is 1. The lowest BCUT2D eigenvalue weighted by Crippen LogP contribution is -2.30. The summed E-state index contributed by atoms with van der Waals surface area (Å²) < 4.78 is 1.68. The average Bonchev–Trinajstić information content (AvgIpc) is 3.22. The van der Waals surface area contributed by atoms with Crippen LogP contribution in [-0.2, 0) is 0 Å². The second-order valence-corrected chi connectivity index (χ2v) is 5.39. The van der Waals surface area contributed by atoms with E-state index in [1.54, 1.807) is 21.8 Å². The van der Waals surface area contributed by atoms with Crippen molar-refractivity contribution in [2.45, 2.75) is 6.42 Å². The fraction of sp³-hybridized carbons (Fsp3) is 0.312. The van der Waals surface area contributed by atoms with Crippen molar-refractivity contribution in [2.75, 3.05) is 19.6 Å². The Bertz CT molecular complexity index is 688. The third-order valence-corrected chi connectivity index (χ3v) is 3.82. The molecule has 0 aliphatic carbocycles. The fourth-order valence-electron chi connectivity index (χ4n) is 2.59. The van der Waals surface area contributed by atoms with Crippen molar-refractivity contribution in [3.63, 3.8) is 0 Å². The summed E-state index contributed by atoms with van der Waals surface area (Å²) in [7, 11) is 0. The van der Waals surface area contributed by atoms with Crippen molar-refractivity contribution in [1.29, 1.82) is 5.26 Å². The molecular formula is C16H17N5O. The highest BCUT2D eigenvalue weighted by molar-refractivity contribution is 5.92. The molecule has 1 aliphatic heterocycles. The van der Waals surface area contributed by atoms with Crippen LogP contribution in [0.5, 0.6) is 0 Å². The zero-order chi connectivity index (χ0) is 15.4. The molecule has 1 aliphatic rings. The van der Waals surface area contributed by atoms with Gasteiger partial charge in [0, 0.05) is 25.8 Å². The van der Waals surface area contributed by atoms with E-state index in [1.807, 2.05) is 30.3 Å². The summed E-state index contributed by atoms with van der Waals surface area (Å²) in [6.07, 6.45) is 4.85. The molecule has 0 unspecified atom stereocenters. The average molecular weight is 295 g/mol. The molecule has 1 atom stereocenters. The van der Waals surface area contributed by atoms with Crippen molar-refractivity contribution < 1.29 is 4.79 Å². The van der Waals surface area contributed by atoms with E-state index >= 15 is 0 Å². The van der Waals surface area contributed by atoms with Crippen molar-refractivity contribution in [3.8, 4) is 11.9 Å². The molecule has 6 nitrogen and oxygen atoms in total. The highest BCUT2D eigenvalue weighted by Gasteiger charge is 2.22. The third-order valence-electron chi connectivity index (χ3n) is 3.82. The van der Waals surface area contributed by atoms with E-state index in [9.17, 15) is 4.79 Å². The third kappa shape index (κ3) is 3.09. The fourth-order valence-corrected chi connectivity index (χ4v) is 2.59. The summed E-state index contributed by atoms with van der Waals surface area (Å²) >= 11 is 0. The topological polar surface area (TPSA) is 74.0 Å². The SMILES string of the molecule is N#CN1CC[C@H](CNC(=O)c2ccn(-c3ccccc3)n2)C1. The first kappa shape index (κ1) is 14.1. The molecular weight excluding hydrogens is 278 g/mol. The smallest absolute Gasteiger partial charge is 0.271 e. The van der Waals surface area contributed by atoms with Crippen LogP contribution in [0.25, 0.3) is 5.69 Å². The maximum atomic E-state index is 12.1. The standard InChI is InChI=1S/C16H17N5O/c17-12-20-8-6-13(11-20)10-18-16(22)15-7-9-21(19-15)14-4-2-1-3-5-14/h1-5,7,9,13H,6,8,10-11H2,(H,18,22)/t13-/m1/s1. The van der Waals surface area contributed by atoms with Crippen LogP contribution in [0.3, 0.4) is 0 Å². The van der Waals surface area contributed by atoms with E-state index in [1.165, 1.54) is 0 Å². The van der Waals surface area contributed by atoms with Crippen LogP contribution < -0.4 is 5.32 Å². The van der Waals surface area contributed by atoms with E-state index in [0.29, 0.717) is 18.2 Å². The number of hydrogen-bond acceptors (Lipinski definition) is 4. The first-order chi connectivity index (χ1) is 10.8. The molecule has 1 N–H and O–H groups in total. The van der Waals surface area contributed by atoms with Gasteiger partial charge in [-0.3, -0.25) is 4.79 Å². The molecule has 1 aromatic heterocycles.